The minimum Gasteiger partial charge on any atom is -0.0616 e. The van der Waals surface area contributed by atoms with Gasteiger partial charge in [0.15, 0.2) is 0 Å². The standard InChI is InChI=1S/C50H30/c1-2-15-35-31-37(28-27-33(35)13-1)41-30-29-40(42-20-5-6-21-43(41)42)36-17-11-18-38(32-36)49-45-22-7-9-24-47(45)50(48-25-10-8-23-46(48)49)44-26-12-16-34-14-3-4-19-39(34)44/h1-28,31-32H. The zero-order chi connectivity index (χ0) is 33.0. The first-order valence-electron chi connectivity index (χ1n) is 17.2. The van der Waals surface area contributed by atoms with E-state index in [1.807, 2.05) is 0 Å². The zero-order valence-electron chi connectivity index (χ0n) is 27.3. The summed E-state index contributed by atoms with van der Waals surface area (Å²) in [5.74, 6) is 0. The Balaban J connectivity index is 1.20. The monoisotopic (exact) mass is 630 g/mol. The molecule has 9 aromatic carbocycles. The van der Waals surface area contributed by atoms with Crippen molar-refractivity contribution in [3.05, 3.63) is 216 Å². The molecule has 50 heavy (non-hydrogen) atoms. The zero-order valence-corrected chi connectivity index (χ0v) is 27.3. The van der Waals surface area contributed by atoms with Crippen molar-refractivity contribution >= 4 is 54.2 Å². The molecule has 0 aliphatic heterocycles. The van der Waals surface area contributed by atoms with Gasteiger partial charge in [-0.1, -0.05) is 181 Å². The number of rotatable bonds is 4. The molecule has 0 heteroatoms. The summed E-state index contributed by atoms with van der Waals surface area (Å²) in [5.41, 5.74) is 19.0. The second kappa shape index (κ2) is 11.5. The quantitative estimate of drug-likeness (QED) is 0.134. The Morgan fingerprint density at radius 3 is 1.40 bits per heavy atom. The summed E-state index contributed by atoms with van der Waals surface area (Å²) in [6.07, 6.45) is 0. The van der Waals surface area contributed by atoms with Crippen molar-refractivity contribution in [3.8, 4) is 22.3 Å². The molecule has 0 aromatic heterocycles. The first-order valence-corrected chi connectivity index (χ1v) is 17.2. The van der Waals surface area contributed by atoms with Crippen LogP contribution in [-0.2, 0) is 0 Å². The van der Waals surface area contributed by atoms with E-state index in [0.29, 0.717) is 0 Å². The van der Waals surface area contributed by atoms with Crippen LogP contribution in [-0.4, -0.2) is 0 Å². The highest BCUT2D eigenvalue weighted by molar-refractivity contribution is 6.23. The van der Waals surface area contributed by atoms with Crippen molar-refractivity contribution < 1.29 is 0 Å². The molecule has 0 nitrogen and oxygen atoms in total. The second-order valence-electron chi connectivity index (χ2n) is 13.1. The van der Waals surface area contributed by atoms with Crippen LogP contribution in [0.1, 0.15) is 22.3 Å². The van der Waals surface area contributed by atoms with E-state index in [1.54, 1.807) is 0 Å². The molecule has 0 unspecified atom stereocenters. The van der Waals surface area contributed by atoms with Crippen LogP contribution in [0.3, 0.4) is 0 Å². The lowest BCUT2D eigenvalue weighted by Gasteiger charge is -2.20. The molecule has 0 amide bonds. The Labute approximate surface area is 291 Å². The van der Waals surface area contributed by atoms with Crippen LogP contribution < -0.4 is 0 Å². The number of hydrogen-bond acceptors (Lipinski definition) is 0. The van der Waals surface area contributed by atoms with E-state index >= 15 is 0 Å². The summed E-state index contributed by atoms with van der Waals surface area (Å²) in [6.45, 7) is 0. The molecule has 0 bridgehead atoms. The van der Waals surface area contributed by atoms with E-state index in [2.05, 4.69) is 193 Å². The fourth-order valence-electron chi connectivity index (χ4n) is 7.98. The van der Waals surface area contributed by atoms with Crippen molar-refractivity contribution in [1.82, 2.24) is 0 Å². The number of fused-ring (bicyclic) bond motifs is 5. The minimum atomic E-state index is 1.06. The van der Waals surface area contributed by atoms with Gasteiger partial charge in [-0.25, -0.2) is 0 Å². The highest BCUT2D eigenvalue weighted by Gasteiger charge is 2.20. The van der Waals surface area contributed by atoms with Crippen molar-refractivity contribution in [1.29, 1.82) is 0 Å². The first kappa shape index (κ1) is 28.3. The van der Waals surface area contributed by atoms with Gasteiger partial charge in [0.2, 0.25) is 0 Å². The topological polar surface area (TPSA) is 0 Å². The predicted molar refractivity (Wildman–Crippen MR) is 212 cm³/mol. The van der Waals surface area contributed by atoms with Crippen LogP contribution in [0.25, 0.3) is 76.5 Å². The van der Waals surface area contributed by atoms with Gasteiger partial charge >= 0.3 is 0 Å². The Morgan fingerprint density at radius 2 is 0.720 bits per heavy atom. The Hall–Kier alpha value is -6.68. The summed E-state index contributed by atoms with van der Waals surface area (Å²) in [6, 6.07) is 66.0. The van der Waals surface area contributed by atoms with E-state index in [-0.39, 0.29) is 0 Å². The third-order valence-electron chi connectivity index (χ3n) is 10.2. The molecule has 0 heterocycles. The summed E-state index contributed by atoms with van der Waals surface area (Å²) in [4.78, 5) is 0. The fourth-order valence-corrected chi connectivity index (χ4v) is 7.98. The van der Waals surface area contributed by atoms with Gasteiger partial charge < -0.3 is 0 Å². The van der Waals surface area contributed by atoms with Crippen molar-refractivity contribution in [2.45, 2.75) is 0 Å². The fraction of sp³-hybridized carbons (Fsp3) is 0. The van der Waals surface area contributed by atoms with Crippen LogP contribution in [0.2, 0.25) is 0 Å². The van der Waals surface area contributed by atoms with Crippen molar-refractivity contribution in [2.75, 3.05) is 0 Å². The van der Waals surface area contributed by atoms with Crippen LogP contribution >= 0.6 is 0 Å². The van der Waals surface area contributed by atoms with E-state index in [0.717, 1.165) is 22.3 Å². The van der Waals surface area contributed by atoms with Gasteiger partial charge in [-0.15, -0.1) is 0 Å². The Morgan fingerprint density at radius 1 is 0.260 bits per heavy atom. The SMILES string of the molecule is C1=C=C(c2ccc3ccccc3c2)c2ccccc2C=1c1cccc(-c2c3ccccc3c(-c3cccc4ccccc34)c3ccccc23)c1. The Kier molecular flexibility index (Phi) is 6.51. The van der Waals surface area contributed by atoms with E-state index in [4.69, 9.17) is 0 Å². The smallest absolute Gasteiger partial charge is 0.0400 e. The van der Waals surface area contributed by atoms with Crippen LogP contribution in [0, 0.1) is 0 Å². The average molecular weight is 631 g/mol. The van der Waals surface area contributed by atoms with Gasteiger partial charge in [-0.05, 0) is 99.7 Å². The van der Waals surface area contributed by atoms with Gasteiger partial charge in [-0.2, -0.15) is 0 Å². The predicted octanol–water partition coefficient (Wildman–Crippen LogP) is 13.3. The highest BCUT2D eigenvalue weighted by atomic mass is 14.2. The molecule has 0 saturated heterocycles. The molecular formula is C50H30. The number of benzene rings is 9. The molecule has 230 valence electrons. The third-order valence-corrected chi connectivity index (χ3v) is 10.2. The molecule has 0 saturated carbocycles. The molecule has 9 aromatic rings. The summed E-state index contributed by atoms with van der Waals surface area (Å²) in [5, 5.41) is 10.00. The molecule has 0 N–H and O–H groups in total. The molecule has 0 radical (unpaired) electrons. The summed E-state index contributed by atoms with van der Waals surface area (Å²) in [7, 11) is 0. The van der Waals surface area contributed by atoms with Gasteiger partial charge in [-0.3, -0.25) is 0 Å². The molecule has 10 rings (SSSR count). The normalized spacial score (nSPS) is 12.3. The maximum atomic E-state index is 3.62. The van der Waals surface area contributed by atoms with Gasteiger partial charge in [0, 0.05) is 11.1 Å². The lowest BCUT2D eigenvalue weighted by atomic mass is 9.83. The molecule has 0 spiro atoms. The second-order valence-corrected chi connectivity index (χ2v) is 13.1. The van der Waals surface area contributed by atoms with Crippen molar-refractivity contribution in [3.63, 3.8) is 0 Å². The van der Waals surface area contributed by atoms with E-state index in [1.165, 1.54) is 76.5 Å². The van der Waals surface area contributed by atoms with Gasteiger partial charge in [0.25, 0.3) is 0 Å². The summed E-state index contributed by atoms with van der Waals surface area (Å²) < 4.78 is 0. The lowest BCUT2D eigenvalue weighted by molar-refractivity contribution is 1.48. The largest absolute Gasteiger partial charge is 0.0616 e. The Bertz CT molecular complexity index is 2880. The first-order chi connectivity index (χ1) is 24.8. The molecule has 1 aliphatic carbocycles. The average Bonchev–Trinajstić information content (AvgIpc) is 3.19. The van der Waals surface area contributed by atoms with Crippen LogP contribution in [0.4, 0.5) is 0 Å². The molecule has 1 aliphatic rings. The maximum absolute atomic E-state index is 3.62. The van der Waals surface area contributed by atoms with Gasteiger partial charge in [0.05, 0.1) is 0 Å². The lowest BCUT2D eigenvalue weighted by Crippen LogP contribution is -1.98. The van der Waals surface area contributed by atoms with Crippen LogP contribution in [0.5, 0.6) is 0 Å². The maximum Gasteiger partial charge on any atom is 0.0400 e. The highest BCUT2D eigenvalue weighted by Crippen LogP contribution is 2.46. The number of hydrogen-bond donors (Lipinski definition) is 0. The van der Waals surface area contributed by atoms with Crippen molar-refractivity contribution in [2.24, 2.45) is 0 Å². The van der Waals surface area contributed by atoms with E-state index < -0.39 is 0 Å². The molecule has 0 atom stereocenters. The third kappa shape index (κ3) is 4.49. The minimum absolute atomic E-state index is 1.06. The van der Waals surface area contributed by atoms with E-state index in [9.17, 15) is 0 Å². The molecular weight excluding hydrogens is 601 g/mol. The van der Waals surface area contributed by atoms with Gasteiger partial charge in [0.1, 0.15) is 0 Å². The molecule has 0 fully saturated rings. The summed E-state index contributed by atoms with van der Waals surface area (Å²) >= 11 is 0. The van der Waals surface area contributed by atoms with Crippen LogP contribution in [0.15, 0.2) is 193 Å².